The van der Waals surface area contributed by atoms with Crippen LogP contribution >= 0.6 is 50.1 Å². The van der Waals surface area contributed by atoms with Gasteiger partial charge in [0.25, 0.3) is 0 Å². The third-order valence-electron chi connectivity index (χ3n) is 1.12. The summed E-state index contributed by atoms with van der Waals surface area (Å²) in [5, 5.41) is 0. The zero-order chi connectivity index (χ0) is 7.56. The predicted octanol–water partition coefficient (Wildman–Crippen LogP) is 3.92. The molecule has 0 fully saturated rings. The summed E-state index contributed by atoms with van der Waals surface area (Å²) in [4.78, 5) is 0. The molecule has 0 aliphatic rings. The molecule has 0 amide bonds. The van der Waals surface area contributed by atoms with E-state index < -0.39 is 0 Å². The lowest BCUT2D eigenvalue weighted by Gasteiger charge is -1.99. The maximum absolute atomic E-state index is 5.77. The van der Waals surface area contributed by atoms with Gasteiger partial charge in [-0.3, -0.25) is 0 Å². The zero-order valence-corrected chi connectivity index (χ0v) is 9.52. The molecule has 0 aliphatic carbocycles. The number of hydrogen-bond donors (Lipinski definition) is 0. The summed E-state index contributed by atoms with van der Waals surface area (Å²) in [7, 11) is 0. The minimum atomic E-state index is -0.0653. The van der Waals surface area contributed by atoms with E-state index >= 15 is 0 Å². The Hall–Kier alpha value is 0.720. The molecule has 3 heteroatoms. The Labute approximate surface area is 87.2 Å². The fourth-order valence-corrected chi connectivity index (χ4v) is 1.42. The summed E-state index contributed by atoms with van der Waals surface area (Å²) in [5.41, 5.74) is 1.10. The van der Waals surface area contributed by atoms with Gasteiger partial charge >= 0.3 is 0 Å². The average molecular weight is 331 g/mol. The second-order valence-corrected chi connectivity index (χ2v) is 4.98. The first-order valence-electron chi connectivity index (χ1n) is 2.74. The highest BCUT2D eigenvalue weighted by Crippen LogP contribution is 2.26. The summed E-state index contributed by atoms with van der Waals surface area (Å²) in [6.07, 6.45) is 0. The molecule has 0 nitrogen and oxygen atoms in total. The molecule has 0 bridgehead atoms. The topological polar surface area (TPSA) is 0 Å². The molecule has 0 heterocycles. The molecule has 1 atom stereocenters. The smallest absolute Gasteiger partial charge is 0.105 e. The molecule has 1 rings (SSSR count). The third kappa shape index (κ3) is 2.40. The molecule has 0 aromatic heterocycles. The van der Waals surface area contributed by atoms with Crippen LogP contribution in [0.5, 0.6) is 0 Å². The van der Waals surface area contributed by atoms with Gasteiger partial charge < -0.3 is 0 Å². The van der Waals surface area contributed by atoms with Gasteiger partial charge in [-0.2, -0.15) is 0 Å². The number of hydrogen-bond acceptors (Lipinski definition) is 0. The number of alkyl halides is 2. The van der Waals surface area contributed by atoms with Crippen LogP contribution in [0.3, 0.4) is 0 Å². The van der Waals surface area contributed by atoms with Crippen molar-refractivity contribution in [3.05, 3.63) is 33.4 Å². The first-order valence-corrected chi connectivity index (χ1v) is 5.17. The van der Waals surface area contributed by atoms with Crippen molar-refractivity contribution in [1.29, 1.82) is 0 Å². The van der Waals surface area contributed by atoms with Crippen LogP contribution in [-0.4, -0.2) is 0 Å². The maximum atomic E-state index is 5.77. The molecule has 1 aromatic carbocycles. The normalized spacial score (nSPS) is 13.1. The van der Waals surface area contributed by atoms with Crippen LogP contribution in [0.1, 0.15) is 9.85 Å². The minimum Gasteiger partial charge on any atom is -0.105 e. The molecular formula is C7H5BrClI. The van der Waals surface area contributed by atoms with Crippen LogP contribution < -0.4 is 0 Å². The summed E-state index contributed by atoms with van der Waals surface area (Å²) >= 11 is 11.3. The Morgan fingerprint density at radius 1 is 1.30 bits per heavy atom. The Morgan fingerprint density at radius 2 is 1.80 bits per heavy atom. The highest BCUT2D eigenvalue weighted by atomic mass is 127. The van der Waals surface area contributed by atoms with Gasteiger partial charge in [0, 0.05) is 3.57 Å². The lowest BCUT2D eigenvalue weighted by molar-refractivity contribution is 1.38. The number of benzene rings is 1. The Balaban J connectivity index is 2.89. The van der Waals surface area contributed by atoms with Crippen LogP contribution in [0.4, 0.5) is 0 Å². The summed E-state index contributed by atoms with van der Waals surface area (Å²) in [5.74, 6) is 0. The van der Waals surface area contributed by atoms with Crippen LogP contribution in [0.2, 0.25) is 0 Å². The van der Waals surface area contributed by atoms with Crippen molar-refractivity contribution in [2.24, 2.45) is 0 Å². The van der Waals surface area contributed by atoms with Crippen molar-refractivity contribution >= 4 is 50.1 Å². The minimum absolute atomic E-state index is 0.0653. The van der Waals surface area contributed by atoms with E-state index in [4.69, 9.17) is 11.6 Å². The van der Waals surface area contributed by atoms with E-state index in [0.717, 1.165) is 5.56 Å². The van der Waals surface area contributed by atoms with Crippen LogP contribution in [-0.2, 0) is 0 Å². The molecule has 0 saturated carbocycles. The van der Waals surface area contributed by atoms with E-state index in [1.54, 1.807) is 0 Å². The Bertz CT molecular complexity index is 207. The van der Waals surface area contributed by atoms with Crippen molar-refractivity contribution in [2.45, 2.75) is 4.29 Å². The van der Waals surface area contributed by atoms with Gasteiger partial charge in [0.1, 0.15) is 4.29 Å². The predicted molar refractivity (Wildman–Crippen MR) is 56.7 cm³/mol. The average Bonchev–Trinajstić information content (AvgIpc) is 1.88. The monoisotopic (exact) mass is 330 g/mol. The lowest BCUT2D eigenvalue weighted by Crippen LogP contribution is -1.79. The van der Waals surface area contributed by atoms with Crippen LogP contribution in [0.25, 0.3) is 0 Å². The van der Waals surface area contributed by atoms with Gasteiger partial charge in [-0.15, -0.1) is 11.6 Å². The molecule has 0 aliphatic heterocycles. The van der Waals surface area contributed by atoms with E-state index in [-0.39, 0.29) is 4.29 Å². The van der Waals surface area contributed by atoms with Crippen molar-refractivity contribution in [3.8, 4) is 0 Å². The zero-order valence-electron chi connectivity index (χ0n) is 5.02. The summed E-state index contributed by atoms with van der Waals surface area (Å²) in [6, 6.07) is 8.08. The molecule has 0 radical (unpaired) electrons. The standard InChI is InChI=1S/C7H5BrClI/c8-7(9)5-1-3-6(10)4-2-5/h1-4,7H. The SMILES string of the molecule is ClC(Br)c1ccc(I)cc1. The first-order chi connectivity index (χ1) is 4.70. The Kier molecular flexibility index (Phi) is 3.46. The largest absolute Gasteiger partial charge is 0.113 e. The van der Waals surface area contributed by atoms with E-state index in [1.165, 1.54) is 3.57 Å². The number of halogens is 3. The van der Waals surface area contributed by atoms with Gasteiger partial charge in [0.2, 0.25) is 0 Å². The van der Waals surface area contributed by atoms with Gasteiger partial charge in [-0.1, -0.05) is 28.1 Å². The van der Waals surface area contributed by atoms with Crippen molar-refractivity contribution < 1.29 is 0 Å². The molecule has 1 unspecified atom stereocenters. The fourth-order valence-electron chi connectivity index (χ4n) is 0.608. The van der Waals surface area contributed by atoms with E-state index in [9.17, 15) is 0 Å². The second-order valence-electron chi connectivity index (χ2n) is 1.85. The maximum Gasteiger partial charge on any atom is 0.113 e. The van der Waals surface area contributed by atoms with Gasteiger partial charge in [-0.05, 0) is 40.3 Å². The first kappa shape index (κ1) is 8.81. The lowest BCUT2D eigenvalue weighted by atomic mass is 10.2. The third-order valence-corrected chi connectivity index (χ3v) is 2.62. The molecule has 0 saturated heterocycles. The van der Waals surface area contributed by atoms with E-state index in [2.05, 4.69) is 38.5 Å². The molecule has 1 aromatic rings. The molecule has 0 N–H and O–H groups in total. The van der Waals surface area contributed by atoms with E-state index in [1.807, 2.05) is 24.3 Å². The summed E-state index contributed by atoms with van der Waals surface area (Å²) < 4.78 is 1.16. The molecule has 54 valence electrons. The molecular weight excluding hydrogens is 326 g/mol. The van der Waals surface area contributed by atoms with Crippen molar-refractivity contribution in [2.75, 3.05) is 0 Å². The second kappa shape index (κ2) is 3.93. The van der Waals surface area contributed by atoms with Crippen LogP contribution in [0, 0.1) is 3.57 Å². The highest BCUT2D eigenvalue weighted by Gasteiger charge is 1.99. The highest BCUT2D eigenvalue weighted by molar-refractivity contribution is 14.1. The fraction of sp³-hybridized carbons (Fsp3) is 0.143. The van der Waals surface area contributed by atoms with Crippen molar-refractivity contribution in [3.63, 3.8) is 0 Å². The van der Waals surface area contributed by atoms with E-state index in [0.29, 0.717) is 0 Å². The van der Waals surface area contributed by atoms with Gasteiger partial charge in [0.15, 0.2) is 0 Å². The number of rotatable bonds is 1. The van der Waals surface area contributed by atoms with Gasteiger partial charge in [-0.25, -0.2) is 0 Å². The Morgan fingerprint density at radius 3 is 2.20 bits per heavy atom. The van der Waals surface area contributed by atoms with Crippen molar-refractivity contribution in [1.82, 2.24) is 0 Å². The molecule has 0 spiro atoms. The van der Waals surface area contributed by atoms with Gasteiger partial charge in [0.05, 0.1) is 0 Å². The quantitative estimate of drug-likeness (QED) is 0.540. The van der Waals surface area contributed by atoms with Crippen LogP contribution in [0.15, 0.2) is 24.3 Å². The summed E-state index contributed by atoms with van der Waals surface area (Å²) in [6.45, 7) is 0. The molecule has 10 heavy (non-hydrogen) atoms.